The maximum Gasteiger partial charge on any atom is 0.185 e. The molecule has 0 aromatic carbocycles. The van der Waals surface area contributed by atoms with Crippen molar-refractivity contribution in [3.8, 4) is 0 Å². The highest BCUT2D eigenvalue weighted by molar-refractivity contribution is 7.13. The molecule has 0 amide bonds. The lowest BCUT2D eigenvalue weighted by molar-refractivity contribution is -0.133. The van der Waals surface area contributed by atoms with Crippen LogP contribution >= 0.6 is 11.3 Å². The molecule has 19 heavy (non-hydrogen) atoms. The Balaban J connectivity index is 2.19. The Labute approximate surface area is 120 Å². The second-order valence-corrected chi connectivity index (χ2v) is 7.38. The van der Waals surface area contributed by atoms with Crippen molar-refractivity contribution in [2.24, 2.45) is 0 Å². The molecule has 4 nitrogen and oxygen atoms in total. The predicted molar refractivity (Wildman–Crippen MR) is 81.0 cm³/mol. The van der Waals surface area contributed by atoms with Crippen molar-refractivity contribution >= 4 is 16.5 Å². The van der Waals surface area contributed by atoms with Crippen LogP contribution in [-0.2, 0) is 4.74 Å². The van der Waals surface area contributed by atoms with E-state index in [1.165, 1.54) is 0 Å². The summed E-state index contributed by atoms with van der Waals surface area (Å²) in [6, 6.07) is 0.298. The number of aromatic nitrogens is 1. The summed E-state index contributed by atoms with van der Waals surface area (Å²) < 4.78 is 6.11. The molecule has 1 unspecified atom stereocenters. The third-order valence-electron chi connectivity index (χ3n) is 3.35. The molecular weight excluding hydrogens is 258 g/mol. The first-order valence-corrected chi connectivity index (χ1v) is 7.68. The van der Waals surface area contributed by atoms with E-state index >= 15 is 0 Å². The van der Waals surface area contributed by atoms with E-state index in [0.717, 1.165) is 23.9 Å². The van der Waals surface area contributed by atoms with Crippen LogP contribution in [0.5, 0.6) is 0 Å². The van der Waals surface area contributed by atoms with E-state index in [1.807, 2.05) is 7.05 Å². The number of morpholine rings is 1. The van der Waals surface area contributed by atoms with Crippen LogP contribution in [0, 0.1) is 0 Å². The lowest BCUT2D eigenvalue weighted by Crippen LogP contribution is -2.57. The molecule has 1 saturated heterocycles. The molecule has 1 atom stereocenters. The fourth-order valence-corrected chi connectivity index (χ4v) is 3.61. The maximum absolute atomic E-state index is 6.11. The summed E-state index contributed by atoms with van der Waals surface area (Å²) >= 11 is 1.72. The molecule has 1 aliphatic heterocycles. The lowest BCUT2D eigenvalue weighted by Gasteiger charge is -2.47. The van der Waals surface area contributed by atoms with Gasteiger partial charge in [0, 0.05) is 24.5 Å². The largest absolute Gasteiger partial charge is 0.366 e. The first-order valence-electron chi connectivity index (χ1n) is 6.80. The first-order chi connectivity index (χ1) is 8.72. The van der Waals surface area contributed by atoms with E-state index in [1.54, 1.807) is 11.3 Å². The molecule has 5 heteroatoms. The number of hydrogen-bond donors (Lipinski definition) is 1. The summed E-state index contributed by atoms with van der Waals surface area (Å²) in [6.07, 6.45) is 0. The summed E-state index contributed by atoms with van der Waals surface area (Å²) in [7, 11) is 1.96. The SMILES string of the molecule is CNC(C)c1csc(N2CC(C)(C)OC(C)(C)C2)n1. The average molecular weight is 283 g/mol. The molecule has 1 aliphatic rings. The molecule has 0 radical (unpaired) electrons. The van der Waals surface area contributed by atoms with Crippen molar-refractivity contribution in [2.75, 3.05) is 25.0 Å². The van der Waals surface area contributed by atoms with Crippen molar-refractivity contribution in [3.63, 3.8) is 0 Å². The highest BCUT2D eigenvalue weighted by Crippen LogP contribution is 2.33. The quantitative estimate of drug-likeness (QED) is 0.925. The normalized spacial score (nSPS) is 23.4. The van der Waals surface area contributed by atoms with Crippen LogP contribution in [0.2, 0.25) is 0 Å². The van der Waals surface area contributed by atoms with E-state index in [9.17, 15) is 0 Å². The fraction of sp³-hybridized carbons (Fsp3) is 0.786. The number of thiazole rings is 1. The number of nitrogens with zero attached hydrogens (tertiary/aromatic N) is 2. The van der Waals surface area contributed by atoms with Gasteiger partial charge in [-0.3, -0.25) is 0 Å². The van der Waals surface area contributed by atoms with E-state index in [0.29, 0.717) is 6.04 Å². The Kier molecular flexibility index (Phi) is 3.91. The Morgan fingerprint density at radius 1 is 1.32 bits per heavy atom. The summed E-state index contributed by atoms with van der Waals surface area (Å²) in [5, 5.41) is 6.47. The Morgan fingerprint density at radius 2 is 1.89 bits per heavy atom. The molecule has 1 fully saturated rings. The molecule has 2 rings (SSSR count). The van der Waals surface area contributed by atoms with Gasteiger partial charge in [-0.05, 0) is 41.7 Å². The minimum atomic E-state index is -0.137. The Hall–Kier alpha value is -0.650. The molecule has 0 spiro atoms. The zero-order valence-electron chi connectivity index (χ0n) is 12.8. The van der Waals surface area contributed by atoms with Gasteiger partial charge in [0.15, 0.2) is 5.13 Å². The van der Waals surface area contributed by atoms with Gasteiger partial charge in [-0.15, -0.1) is 11.3 Å². The Morgan fingerprint density at radius 3 is 2.42 bits per heavy atom. The van der Waals surface area contributed by atoms with E-state index in [-0.39, 0.29) is 11.2 Å². The zero-order valence-corrected chi connectivity index (χ0v) is 13.6. The van der Waals surface area contributed by atoms with Gasteiger partial charge in [0.05, 0.1) is 16.9 Å². The van der Waals surface area contributed by atoms with Crippen molar-refractivity contribution in [2.45, 2.75) is 51.9 Å². The predicted octanol–water partition coefficient (Wildman–Crippen LogP) is 2.82. The number of ether oxygens (including phenoxy) is 1. The van der Waals surface area contributed by atoms with Crippen LogP contribution < -0.4 is 10.2 Å². The van der Waals surface area contributed by atoms with Crippen LogP contribution in [0.1, 0.15) is 46.4 Å². The molecule has 1 aromatic rings. The molecule has 0 saturated carbocycles. The lowest BCUT2D eigenvalue weighted by atomic mass is 9.99. The highest BCUT2D eigenvalue weighted by Gasteiger charge is 2.39. The standard InChI is InChI=1S/C14H25N3OS/c1-10(15-6)11-7-19-12(16-11)17-8-13(2,3)18-14(4,5)9-17/h7,10,15H,8-9H2,1-6H3. The van der Waals surface area contributed by atoms with Gasteiger partial charge in [0.25, 0.3) is 0 Å². The van der Waals surface area contributed by atoms with Gasteiger partial charge in [-0.25, -0.2) is 4.98 Å². The molecular formula is C14H25N3OS. The first kappa shape index (κ1) is 14.8. The van der Waals surface area contributed by atoms with Crippen LogP contribution in [0.3, 0.4) is 0 Å². The van der Waals surface area contributed by atoms with Crippen LogP contribution in [0.25, 0.3) is 0 Å². The molecule has 0 aliphatic carbocycles. The minimum Gasteiger partial charge on any atom is -0.366 e. The maximum atomic E-state index is 6.11. The van der Waals surface area contributed by atoms with Crippen LogP contribution in [0.4, 0.5) is 5.13 Å². The second kappa shape index (κ2) is 5.04. The third-order valence-corrected chi connectivity index (χ3v) is 4.27. The second-order valence-electron chi connectivity index (χ2n) is 6.54. The smallest absolute Gasteiger partial charge is 0.185 e. The van der Waals surface area contributed by atoms with Crippen LogP contribution in [-0.4, -0.2) is 36.3 Å². The zero-order chi connectivity index (χ0) is 14.3. The van der Waals surface area contributed by atoms with Crippen molar-refractivity contribution in [1.82, 2.24) is 10.3 Å². The van der Waals surface area contributed by atoms with Crippen molar-refractivity contribution in [3.05, 3.63) is 11.1 Å². The van der Waals surface area contributed by atoms with Gasteiger partial charge in [0.2, 0.25) is 0 Å². The average Bonchev–Trinajstić information content (AvgIpc) is 2.73. The van der Waals surface area contributed by atoms with Crippen molar-refractivity contribution in [1.29, 1.82) is 0 Å². The van der Waals surface area contributed by atoms with Gasteiger partial charge in [-0.2, -0.15) is 0 Å². The monoisotopic (exact) mass is 283 g/mol. The van der Waals surface area contributed by atoms with E-state index < -0.39 is 0 Å². The van der Waals surface area contributed by atoms with Gasteiger partial charge in [-0.1, -0.05) is 0 Å². The van der Waals surface area contributed by atoms with Gasteiger partial charge < -0.3 is 15.0 Å². The van der Waals surface area contributed by atoms with Gasteiger partial charge in [0.1, 0.15) is 0 Å². The molecule has 1 N–H and O–H groups in total. The van der Waals surface area contributed by atoms with E-state index in [4.69, 9.17) is 9.72 Å². The van der Waals surface area contributed by atoms with E-state index in [2.05, 4.69) is 50.2 Å². The summed E-state index contributed by atoms with van der Waals surface area (Å²) in [6.45, 7) is 12.5. The van der Waals surface area contributed by atoms with Gasteiger partial charge >= 0.3 is 0 Å². The number of anilines is 1. The molecule has 0 bridgehead atoms. The molecule has 2 heterocycles. The summed E-state index contributed by atoms with van der Waals surface area (Å²) in [5.41, 5.74) is 0.842. The number of rotatable bonds is 3. The third kappa shape index (κ3) is 3.46. The fourth-order valence-electron chi connectivity index (χ4n) is 2.69. The Bertz CT molecular complexity index is 426. The molecule has 1 aromatic heterocycles. The topological polar surface area (TPSA) is 37.4 Å². The van der Waals surface area contributed by atoms with Crippen LogP contribution in [0.15, 0.2) is 5.38 Å². The van der Waals surface area contributed by atoms with Crippen molar-refractivity contribution < 1.29 is 4.74 Å². The number of nitrogens with one attached hydrogen (secondary N) is 1. The minimum absolute atomic E-state index is 0.137. The summed E-state index contributed by atoms with van der Waals surface area (Å²) in [5.74, 6) is 0. The summed E-state index contributed by atoms with van der Waals surface area (Å²) in [4.78, 5) is 7.11. The molecule has 108 valence electrons. The highest BCUT2D eigenvalue weighted by atomic mass is 32.1. The number of hydrogen-bond acceptors (Lipinski definition) is 5.